The number of nitrogens with one attached hydrogen (secondary N) is 1. The summed E-state index contributed by atoms with van der Waals surface area (Å²) in [6.07, 6.45) is 5.27. The highest BCUT2D eigenvalue weighted by Gasteiger charge is 2.31. The summed E-state index contributed by atoms with van der Waals surface area (Å²) in [5.41, 5.74) is 2.20. The van der Waals surface area contributed by atoms with Crippen LogP contribution in [-0.4, -0.2) is 62.7 Å². The second-order valence-electron chi connectivity index (χ2n) is 6.95. The molecule has 1 atom stereocenters. The fourth-order valence-corrected chi connectivity index (χ4v) is 3.29. The van der Waals surface area contributed by atoms with Crippen LogP contribution in [0.5, 0.6) is 0 Å². The Hall–Kier alpha value is -3.62. The number of fused-ring (bicyclic) bond motifs is 1. The highest BCUT2D eigenvalue weighted by Crippen LogP contribution is 2.17. The average Bonchev–Trinajstić information content (AvgIpc) is 3.41. The summed E-state index contributed by atoms with van der Waals surface area (Å²) in [7, 11) is 1.72. The summed E-state index contributed by atoms with van der Waals surface area (Å²) in [4.78, 5) is 32.4. The molecule has 4 rings (SSSR count). The molecule has 0 spiro atoms. The fraction of sp³-hybridized carbons (Fsp3) is 0.300. The summed E-state index contributed by atoms with van der Waals surface area (Å²) in [6, 6.07) is 11.0. The molecule has 3 aromatic rings. The standard InChI is InChI=1S/C20H22N6O3/c1-24(19(27)23-16-11-21-18-7-9-22-26(18)12-16)17-8-10-25(13-17)20(28)29-14-15-5-3-2-4-6-15/h2-7,9,11-12,17H,8,10,13-14H2,1H3,(H,23,27). The second kappa shape index (κ2) is 8.17. The minimum absolute atomic E-state index is 0.0827. The van der Waals surface area contributed by atoms with Crippen LogP contribution < -0.4 is 5.32 Å². The van der Waals surface area contributed by atoms with Crippen molar-refractivity contribution in [2.24, 2.45) is 0 Å². The Kier molecular flexibility index (Phi) is 5.28. The number of likely N-dealkylation sites (N-methyl/N-ethyl adjacent to an activating group) is 1. The lowest BCUT2D eigenvalue weighted by atomic mass is 10.2. The van der Waals surface area contributed by atoms with Gasteiger partial charge in [-0.05, 0) is 12.0 Å². The predicted molar refractivity (Wildman–Crippen MR) is 106 cm³/mol. The molecule has 29 heavy (non-hydrogen) atoms. The molecule has 1 saturated heterocycles. The number of amides is 3. The number of carbonyl (C=O) groups excluding carboxylic acids is 2. The van der Waals surface area contributed by atoms with Gasteiger partial charge in [0.15, 0.2) is 5.65 Å². The lowest BCUT2D eigenvalue weighted by Gasteiger charge is -2.25. The molecule has 9 heteroatoms. The van der Waals surface area contributed by atoms with Gasteiger partial charge in [-0.25, -0.2) is 19.1 Å². The number of hydrogen-bond donors (Lipinski definition) is 1. The molecule has 1 N–H and O–H groups in total. The molecule has 1 aliphatic rings. The summed E-state index contributed by atoms with van der Waals surface area (Å²) in [6.45, 7) is 1.23. The van der Waals surface area contributed by atoms with E-state index in [-0.39, 0.29) is 24.8 Å². The van der Waals surface area contributed by atoms with Crippen LogP contribution in [0.1, 0.15) is 12.0 Å². The van der Waals surface area contributed by atoms with E-state index in [4.69, 9.17) is 4.74 Å². The largest absolute Gasteiger partial charge is 0.445 e. The number of ether oxygens (including phenoxy) is 1. The van der Waals surface area contributed by atoms with Crippen molar-refractivity contribution in [3.63, 3.8) is 0 Å². The van der Waals surface area contributed by atoms with Crippen LogP contribution in [0.2, 0.25) is 0 Å². The number of urea groups is 1. The molecule has 1 fully saturated rings. The third-order valence-corrected chi connectivity index (χ3v) is 4.99. The molecular formula is C20H22N6O3. The van der Waals surface area contributed by atoms with Gasteiger partial charge in [-0.15, -0.1) is 0 Å². The maximum absolute atomic E-state index is 12.6. The Morgan fingerprint density at radius 3 is 2.93 bits per heavy atom. The lowest BCUT2D eigenvalue weighted by molar-refractivity contribution is 0.102. The normalized spacial score (nSPS) is 16.0. The number of anilines is 1. The van der Waals surface area contributed by atoms with E-state index < -0.39 is 0 Å². The molecule has 0 bridgehead atoms. The third kappa shape index (κ3) is 4.29. The summed E-state index contributed by atoms with van der Waals surface area (Å²) in [5.74, 6) is 0. The van der Waals surface area contributed by atoms with Gasteiger partial charge in [-0.1, -0.05) is 30.3 Å². The van der Waals surface area contributed by atoms with E-state index in [1.807, 2.05) is 30.3 Å². The summed E-state index contributed by atoms with van der Waals surface area (Å²) in [5, 5.41) is 6.93. The van der Waals surface area contributed by atoms with Crippen molar-refractivity contribution in [1.29, 1.82) is 0 Å². The van der Waals surface area contributed by atoms with Gasteiger partial charge in [0.1, 0.15) is 6.61 Å². The molecule has 2 aromatic heterocycles. The minimum atomic E-state index is -0.363. The molecule has 0 aliphatic carbocycles. The Balaban J connectivity index is 1.29. The highest BCUT2D eigenvalue weighted by atomic mass is 16.6. The van der Waals surface area contributed by atoms with Crippen molar-refractivity contribution in [3.8, 4) is 0 Å². The van der Waals surface area contributed by atoms with Crippen LogP contribution in [0.15, 0.2) is 55.0 Å². The summed E-state index contributed by atoms with van der Waals surface area (Å²) >= 11 is 0. The molecule has 0 saturated carbocycles. The Labute approximate surface area is 167 Å². The van der Waals surface area contributed by atoms with Crippen LogP contribution in [-0.2, 0) is 11.3 Å². The zero-order valence-corrected chi connectivity index (χ0v) is 16.1. The molecule has 150 valence electrons. The van der Waals surface area contributed by atoms with Gasteiger partial charge in [0.25, 0.3) is 0 Å². The maximum atomic E-state index is 12.6. The summed E-state index contributed by atoms with van der Waals surface area (Å²) < 4.78 is 6.97. The molecule has 3 amide bonds. The third-order valence-electron chi connectivity index (χ3n) is 4.99. The monoisotopic (exact) mass is 394 g/mol. The fourth-order valence-electron chi connectivity index (χ4n) is 3.29. The van der Waals surface area contributed by atoms with Gasteiger partial charge < -0.3 is 19.9 Å². The first kappa shape index (κ1) is 18.7. The topological polar surface area (TPSA) is 92.1 Å². The molecule has 3 heterocycles. The van der Waals surface area contributed by atoms with E-state index >= 15 is 0 Å². The van der Waals surface area contributed by atoms with Crippen LogP contribution in [0.25, 0.3) is 5.65 Å². The zero-order chi connectivity index (χ0) is 20.2. The zero-order valence-electron chi connectivity index (χ0n) is 16.1. The quantitative estimate of drug-likeness (QED) is 0.734. The second-order valence-corrected chi connectivity index (χ2v) is 6.95. The van der Waals surface area contributed by atoms with Crippen molar-refractivity contribution in [2.75, 3.05) is 25.5 Å². The number of nitrogens with zero attached hydrogens (tertiary/aromatic N) is 5. The first-order valence-corrected chi connectivity index (χ1v) is 9.39. The van der Waals surface area contributed by atoms with E-state index in [2.05, 4.69) is 15.4 Å². The number of benzene rings is 1. The van der Waals surface area contributed by atoms with Crippen molar-refractivity contribution in [1.82, 2.24) is 24.4 Å². The van der Waals surface area contributed by atoms with Crippen LogP contribution in [0.3, 0.4) is 0 Å². The van der Waals surface area contributed by atoms with Crippen LogP contribution >= 0.6 is 0 Å². The van der Waals surface area contributed by atoms with E-state index in [0.717, 1.165) is 5.56 Å². The Morgan fingerprint density at radius 1 is 1.28 bits per heavy atom. The number of carbonyl (C=O) groups is 2. The van der Waals surface area contributed by atoms with E-state index in [1.165, 1.54) is 0 Å². The number of rotatable bonds is 4. The number of hydrogen-bond acceptors (Lipinski definition) is 5. The SMILES string of the molecule is CN(C(=O)Nc1cnc2ccnn2c1)C1CCN(C(=O)OCc2ccccc2)C1. The molecule has 1 aliphatic heterocycles. The van der Waals surface area contributed by atoms with Gasteiger partial charge in [0.2, 0.25) is 0 Å². The van der Waals surface area contributed by atoms with E-state index in [0.29, 0.717) is 30.8 Å². The average molecular weight is 394 g/mol. The van der Waals surface area contributed by atoms with Crippen molar-refractivity contribution < 1.29 is 14.3 Å². The van der Waals surface area contributed by atoms with E-state index in [1.54, 1.807) is 46.0 Å². The predicted octanol–water partition coefficient (Wildman–Crippen LogP) is 2.60. The van der Waals surface area contributed by atoms with Crippen molar-refractivity contribution in [2.45, 2.75) is 19.1 Å². The van der Waals surface area contributed by atoms with Gasteiger partial charge in [0.05, 0.1) is 30.3 Å². The minimum Gasteiger partial charge on any atom is -0.445 e. The molecule has 0 radical (unpaired) electrons. The number of aromatic nitrogens is 3. The Bertz CT molecular complexity index is 1010. The highest BCUT2D eigenvalue weighted by molar-refractivity contribution is 5.89. The Morgan fingerprint density at radius 2 is 2.10 bits per heavy atom. The molecule has 9 nitrogen and oxygen atoms in total. The van der Waals surface area contributed by atoms with Crippen LogP contribution in [0.4, 0.5) is 15.3 Å². The van der Waals surface area contributed by atoms with Crippen molar-refractivity contribution in [3.05, 3.63) is 60.6 Å². The first-order chi connectivity index (χ1) is 14.1. The van der Waals surface area contributed by atoms with Crippen molar-refractivity contribution >= 4 is 23.5 Å². The van der Waals surface area contributed by atoms with Gasteiger partial charge in [0, 0.05) is 26.2 Å². The number of likely N-dealkylation sites (tertiary alicyclic amines) is 1. The van der Waals surface area contributed by atoms with Gasteiger partial charge in [-0.2, -0.15) is 5.10 Å². The molecular weight excluding hydrogens is 372 g/mol. The van der Waals surface area contributed by atoms with E-state index in [9.17, 15) is 9.59 Å². The molecule has 1 aromatic carbocycles. The lowest BCUT2D eigenvalue weighted by Crippen LogP contribution is -2.42. The smallest absolute Gasteiger partial charge is 0.410 e. The van der Waals surface area contributed by atoms with Gasteiger partial charge in [-0.3, -0.25) is 0 Å². The first-order valence-electron chi connectivity index (χ1n) is 9.39. The van der Waals surface area contributed by atoms with Gasteiger partial charge >= 0.3 is 12.1 Å². The maximum Gasteiger partial charge on any atom is 0.410 e. The van der Waals surface area contributed by atoms with Crippen LogP contribution in [0, 0.1) is 0 Å². The molecule has 1 unspecified atom stereocenters.